The smallest absolute Gasteiger partial charge is 0.233 e. The molecule has 0 spiro atoms. The van der Waals surface area contributed by atoms with Crippen LogP contribution in [0.2, 0.25) is 0 Å². The van der Waals surface area contributed by atoms with Gasteiger partial charge in [-0.25, -0.2) is 0 Å². The second-order valence-corrected chi connectivity index (χ2v) is 6.25. The predicted octanol–water partition coefficient (Wildman–Crippen LogP) is 3.35. The van der Waals surface area contributed by atoms with Gasteiger partial charge in [0.2, 0.25) is 5.91 Å². The summed E-state index contributed by atoms with van der Waals surface area (Å²) < 4.78 is 10.9. The van der Waals surface area contributed by atoms with Crippen molar-refractivity contribution >= 4 is 17.7 Å². The molecule has 1 saturated heterocycles. The molecule has 0 aromatic heterocycles. The van der Waals surface area contributed by atoms with Crippen LogP contribution in [0.15, 0.2) is 54.6 Å². The summed E-state index contributed by atoms with van der Waals surface area (Å²) >= 11 is 1.67. The molecular weight excluding hydrogens is 310 g/mol. The van der Waals surface area contributed by atoms with Crippen molar-refractivity contribution < 1.29 is 14.3 Å². The van der Waals surface area contributed by atoms with Crippen molar-refractivity contribution in [2.24, 2.45) is 0 Å². The highest BCUT2D eigenvalue weighted by molar-refractivity contribution is 8.00. The molecule has 0 N–H and O–H groups in total. The Morgan fingerprint density at radius 2 is 1.78 bits per heavy atom. The maximum absolute atomic E-state index is 12.1. The molecule has 0 saturated carbocycles. The molecule has 4 nitrogen and oxygen atoms in total. The van der Waals surface area contributed by atoms with Gasteiger partial charge in [-0.15, -0.1) is 11.8 Å². The van der Waals surface area contributed by atoms with E-state index >= 15 is 0 Å². The van der Waals surface area contributed by atoms with Crippen LogP contribution in [0, 0.1) is 0 Å². The van der Waals surface area contributed by atoms with Crippen LogP contribution < -0.4 is 9.47 Å². The van der Waals surface area contributed by atoms with Crippen molar-refractivity contribution in [3.05, 3.63) is 60.2 Å². The van der Waals surface area contributed by atoms with E-state index in [4.69, 9.17) is 9.47 Å². The molecule has 0 radical (unpaired) electrons. The topological polar surface area (TPSA) is 38.8 Å². The fourth-order valence-electron chi connectivity index (χ4n) is 2.52. The molecule has 1 heterocycles. The normalized spacial score (nSPS) is 17.3. The number of hydrogen-bond acceptors (Lipinski definition) is 4. The van der Waals surface area contributed by atoms with E-state index in [1.807, 2.05) is 47.4 Å². The van der Waals surface area contributed by atoms with Crippen LogP contribution in [0.4, 0.5) is 0 Å². The summed E-state index contributed by atoms with van der Waals surface area (Å²) in [5, 5.41) is 0.0863. The molecule has 3 rings (SSSR count). The summed E-state index contributed by atoms with van der Waals surface area (Å²) in [6, 6.07) is 17.6. The van der Waals surface area contributed by atoms with E-state index in [1.54, 1.807) is 18.9 Å². The standard InChI is InChI=1S/C18H19NO3S/c1-21-15-7-9-16(10-8-15)22-12-11-19-17(20)13-23-18(19)14-5-3-2-4-6-14/h2-10,18H,11-13H2,1H3. The second kappa shape index (κ2) is 7.42. The summed E-state index contributed by atoms with van der Waals surface area (Å²) in [6.07, 6.45) is 0. The van der Waals surface area contributed by atoms with Gasteiger partial charge in [0, 0.05) is 0 Å². The molecular formula is C18H19NO3S. The van der Waals surface area contributed by atoms with Gasteiger partial charge in [0.1, 0.15) is 23.5 Å². The van der Waals surface area contributed by atoms with E-state index in [1.165, 1.54) is 0 Å². The van der Waals surface area contributed by atoms with Crippen LogP contribution >= 0.6 is 11.8 Å². The van der Waals surface area contributed by atoms with Gasteiger partial charge >= 0.3 is 0 Å². The molecule has 0 bridgehead atoms. The number of carbonyl (C=O) groups is 1. The Labute approximate surface area is 140 Å². The number of nitrogens with zero attached hydrogens (tertiary/aromatic N) is 1. The minimum atomic E-state index is 0.0863. The van der Waals surface area contributed by atoms with Crippen molar-refractivity contribution in [2.45, 2.75) is 5.37 Å². The largest absolute Gasteiger partial charge is 0.497 e. The Hall–Kier alpha value is -2.14. The number of hydrogen-bond donors (Lipinski definition) is 0. The monoisotopic (exact) mass is 329 g/mol. The fraction of sp³-hybridized carbons (Fsp3) is 0.278. The molecule has 5 heteroatoms. The number of amides is 1. The van der Waals surface area contributed by atoms with Gasteiger partial charge in [0.25, 0.3) is 0 Å². The van der Waals surface area contributed by atoms with Crippen LogP contribution in [-0.4, -0.2) is 36.8 Å². The molecule has 1 amide bonds. The van der Waals surface area contributed by atoms with Crippen LogP contribution in [-0.2, 0) is 4.79 Å². The SMILES string of the molecule is COc1ccc(OCCN2C(=O)CSC2c2ccccc2)cc1. The van der Waals surface area contributed by atoms with Crippen LogP contribution in [0.1, 0.15) is 10.9 Å². The summed E-state index contributed by atoms with van der Waals surface area (Å²) in [5.41, 5.74) is 1.16. The first-order valence-electron chi connectivity index (χ1n) is 7.51. The van der Waals surface area contributed by atoms with Crippen molar-refractivity contribution in [3.8, 4) is 11.5 Å². The zero-order valence-electron chi connectivity index (χ0n) is 13.0. The van der Waals surface area contributed by atoms with Crippen LogP contribution in [0.3, 0.4) is 0 Å². The van der Waals surface area contributed by atoms with Gasteiger partial charge in [0.15, 0.2) is 0 Å². The highest BCUT2D eigenvalue weighted by Gasteiger charge is 2.32. The van der Waals surface area contributed by atoms with Gasteiger partial charge in [0.05, 0.1) is 19.4 Å². The van der Waals surface area contributed by atoms with Crippen LogP contribution in [0.5, 0.6) is 11.5 Å². The number of thioether (sulfide) groups is 1. The van der Waals surface area contributed by atoms with E-state index < -0.39 is 0 Å². The third kappa shape index (κ3) is 3.79. The summed E-state index contributed by atoms with van der Waals surface area (Å²) in [5.74, 6) is 2.28. The third-order valence-electron chi connectivity index (χ3n) is 3.71. The first-order valence-corrected chi connectivity index (χ1v) is 8.55. The lowest BCUT2D eigenvalue weighted by molar-refractivity contribution is -0.128. The minimum Gasteiger partial charge on any atom is -0.497 e. The van der Waals surface area contributed by atoms with Gasteiger partial charge in [-0.3, -0.25) is 4.79 Å². The number of ether oxygens (including phenoxy) is 2. The Kier molecular flexibility index (Phi) is 5.08. The predicted molar refractivity (Wildman–Crippen MR) is 91.8 cm³/mol. The fourth-order valence-corrected chi connectivity index (χ4v) is 3.74. The maximum Gasteiger partial charge on any atom is 0.233 e. The molecule has 1 aliphatic heterocycles. The molecule has 2 aromatic carbocycles. The van der Waals surface area contributed by atoms with Crippen molar-refractivity contribution in [1.82, 2.24) is 4.90 Å². The van der Waals surface area contributed by atoms with E-state index in [0.717, 1.165) is 17.1 Å². The lowest BCUT2D eigenvalue weighted by atomic mass is 10.2. The average molecular weight is 329 g/mol. The first kappa shape index (κ1) is 15.7. The zero-order valence-corrected chi connectivity index (χ0v) is 13.8. The van der Waals surface area contributed by atoms with E-state index in [0.29, 0.717) is 18.9 Å². The van der Waals surface area contributed by atoms with E-state index in [9.17, 15) is 4.79 Å². The summed E-state index contributed by atoms with van der Waals surface area (Å²) in [4.78, 5) is 14.0. The molecule has 1 atom stereocenters. The Balaban J connectivity index is 1.58. The molecule has 120 valence electrons. The Bertz CT molecular complexity index is 645. The molecule has 1 aliphatic rings. The molecule has 23 heavy (non-hydrogen) atoms. The van der Waals surface area contributed by atoms with Gasteiger partial charge < -0.3 is 14.4 Å². The number of benzene rings is 2. The molecule has 1 unspecified atom stereocenters. The van der Waals surface area contributed by atoms with Crippen molar-refractivity contribution in [1.29, 1.82) is 0 Å². The molecule has 2 aromatic rings. The Morgan fingerprint density at radius 3 is 2.48 bits per heavy atom. The minimum absolute atomic E-state index is 0.0863. The highest BCUT2D eigenvalue weighted by atomic mass is 32.2. The highest BCUT2D eigenvalue weighted by Crippen LogP contribution is 2.38. The van der Waals surface area contributed by atoms with E-state index in [-0.39, 0.29) is 11.3 Å². The first-order chi connectivity index (χ1) is 11.3. The number of carbonyl (C=O) groups excluding carboxylic acids is 1. The average Bonchev–Trinajstić information content (AvgIpc) is 2.97. The number of methoxy groups -OCH3 is 1. The van der Waals surface area contributed by atoms with Crippen molar-refractivity contribution in [2.75, 3.05) is 26.0 Å². The van der Waals surface area contributed by atoms with Gasteiger partial charge in [-0.1, -0.05) is 30.3 Å². The van der Waals surface area contributed by atoms with Gasteiger partial charge in [-0.05, 0) is 29.8 Å². The summed E-state index contributed by atoms with van der Waals surface area (Å²) in [6.45, 7) is 1.05. The quantitative estimate of drug-likeness (QED) is 0.815. The second-order valence-electron chi connectivity index (χ2n) is 5.19. The third-order valence-corrected chi connectivity index (χ3v) is 4.97. The number of rotatable bonds is 6. The summed E-state index contributed by atoms with van der Waals surface area (Å²) in [7, 11) is 1.64. The molecule has 0 aliphatic carbocycles. The van der Waals surface area contributed by atoms with Crippen molar-refractivity contribution in [3.63, 3.8) is 0 Å². The zero-order chi connectivity index (χ0) is 16.1. The molecule has 1 fully saturated rings. The maximum atomic E-state index is 12.1. The van der Waals surface area contributed by atoms with Crippen LogP contribution in [0.25, 0.3) is 0 Å². The van der Waals surface area contributed by atoms with E-state index in [2.05, 4.69) is 12.1 Å². The lowest BCUT2D eigenvalue weighted by Crippen LogP contribution is -2.32. The van der Waals surface area contributed by atoms with Gasteiger partial charge in [-0.2, -0.15) is 0 Å². The lowest BCUT2D eigenvalue weighted by Gasteiger charge is -2.24. The Morgan fingerprint density at radius 1 is 1.09 bits per heavy atom.